The van der Waals surface area contributed by atoms with Gasteiger partial charge in [-0.05, 0) is 91.9 Å². The lowest BCUT2D eigenvalue weighted by Crippen LogP contribution is -2.32. The van der Waals surface area contributed by atoms with Crippen LogP contribution < -0.4 is 5.32 Å². The Balaban J connectivity index is 1.97. The van der Waals surface area contributed by atoms with Crippen molar-refractivity contribution in [1.29, 1.82) is 0 Å². The topological polar surface area (TPSA) is 18.5 Å². The van der Waals surface area contributed by atoms with Gasteiger partial charge >= 0.3 is 0 Å². The molecule has 3 heteroatoms. The highest BCUT2D eigenvalue weighted by molar-refractivity contribution is 4.71. The van der Waals surface area contributed by atoms with E-state index >= 15 is 0 Å². The standard InChI is InChI=1S/C14H31N3/c1-15-9-4-5-10-16(2)11-6-14-7-12-17(3)13-8-14/h14-15H,4-13H2,1-3H3. The second-order valence-corrected chi connectivity index (χ2v) is 5.65. The van der Waals surface area contributed by atoms with Crippen LogP contribution in [0.25, 0.3) is 0 Å². The van der Waals surface area contributed by atoms with Crippen molar-refractivity contribution in [3.63, 3.8) is 0 Å². The van der Waals surface area contributed by atoms with E-state index in [0.717, 1.165) is 12.5 Å². The van der Waals surface area contributed by atoms with Gasteiger partial charge in [0, 0.05) is 0 Å². The Morgan fingerprint density at radius 1 is 1.18 bits per heavy atom. The van der Waals surface area contributed by atoms with Gasteiger partial charge in [0.15, 0.2) is 0 Å². The van der Waals surface area contributed by atoms with Gasteiger partial charge in [0.05, 0.1) is 0 Å². The summed E-state index contributed by atoms with van der Waals surface area (Å²) in [5.74, 6) is 0.978. The van der Waals surface area contributed by atoms with Crippen LogP contribution in [0.1, 0.15) is 32.1 Å². The number of nitrogens with one attached hydrogen (secondary N) is 1. The second kappa shape index (κ2) is 8.90. The number of rotatable bonds is 8. The monoisotopic (exact) mass is 241 g/mol. The minimum atomic E-state index is 0.978. The first-order valence-corrected chi connectivity index (χ1v) is 7.24. The largest absolute Gasteiger partial charge is 0.320 e. The van der Waals surface area contributed by atoms with Gasteiger partial charge in [-0.3, -0.25) is 0 Å². The van der Waals surface area contributed by atoms with E-state index < -0.39 is 0 Å². The highest BCUT2D eigenvalue weighted by Crippen LogP contribution is 2.19. The molecule has 0 unspecified atom stereocenters. The molecule has 0 aromatic carbocycles. The van der Waals surface area contributed by atoms with Gasteiger partial charge in [0.1, 0.15) is 0 Å². The van der Waals surface area contributed by atoms with Gasteiger partial charge in [-0.15, -0.1) is 0 Å². The lowest BCUT2D eigenvalue weighted by atomic mass is 9.94. The summed E-state index contributed by atoms with van der Waals surface area (Å²) in [6.07, 6.45) is 6.84. The van der Waals surface area contributed by atoms with E-state index in [1.165, 1.54) is 58.3 Å². The van der Waals surface area contributed by atoms with E-state index in [2.05, 4.69) is 29.2 Å². The van der Waals surface area contributed by atoms with Gasteiger partial charge in [-0.2, -0.15) is 0 Å². The lowest BCUT2D eigenvalue weighted by molar-refractivity contribution is 0.195. The molecule has 1 rings (SSSR count). The third kappa shape index (κ3) is 7.02. The number of unbranched alkanes of at least 4 members (excludes halogenated alkanes) is 1. The van der Waals surface area contributed by atoms with Crippen LogP contribution >= 0.6 is 0 Å². The summed E-state index contributed by atoms with van der Waals surface area (Å²) < 4.78 is 0. The van der Waals surface area contributed by atoms with E-state index in [0.29, 0.717) is 0 Å². The third-order valence-corrected chi connectivity index (χ3v) is 3.97. The molecular formula is C14H31N3. The van der Waals surface area contributed by atoms with Gasteiger partial charge < -0.3 is 15.1 Å². The smallest absolute Gasteiger partial charge is 0.00191 e. The summed E-state index contributed by atoms with van der Waals surface area (Å²) in [5.41, 5.74) is 0. The predicted octanol–water partition coefficient (Wildman–Crippen LogP) is 1.65. The molecule has 17 heavy (non-hydrogen) atoms. The zero-order valence-electron chi connectivity index (χ0n) is 12.0. The fourth-order valence-electron chi connectivity index (χ4n) is 2.55. The van der Waals surface area contributed by atoms with E-state index in [-0.39, 0.29) is 0 Å². The Morgan fingerprint density at radius 2 is 1.88 bits per heavy atom. The van der Waals surface area contributed by atoms with E-state index in [9.17, 15) is 0 Å². The summed E-state index contributed by atoms with van der Waals surface area (Å²) in [4.78, 5) is 4.96. The van der Waals surface area contributed by atoms with Crippen molar-refractivity contribution < 1.29 is 0 Å². The van der Waals surface area contributed by atoms with Gasteiger partial charge in [-0.1, -0.05) is 0 Å². The molecule has 0 spiro atoms. The molecule has 1 aliphatic rings. The summed E-state index contributed by atoms with van der Waals surface area (Å²) in [7, 11) is 6.54. The maximum atomic E-state index is 3.21. The normalized spacial score (nSPS) is 19.1. The summed E-state index contributed by atoms with van der Waals surface area (Å²) >= 11 is 0. The minimum absolute atomic E-state index is 0.978. The molecule has 0 aromatic heterocycles. The van der Waals surface area contributed by atoms with E-state index in [1.807, 2.05) is 7.05 Å². The first-order chi connectivity index (χ1) is 8.22. The molecule has 0 aliphatic carbocycles. The van der Waals surface area contributed by atoms with Crippen LogP contribution in [0.15, 0.2) is 0 Å². The van der Waals surface area contributed by atoms with Crippen molar-refractivity contribution in [2.24, 2.45) is 5.92 Å². The first kappa shape index (κ1) is 14.9. The zero-order chi connectivity index (χ0) is 12.5. The van der Waals surface area contributed by atoms with Crippen molar-refractivity contribution in [1.82, 2.24) is 15.1 Å². The van der Waals surface area contributed by atoms with Crippen LogP contribution in [-0.4, -0.2) is 63.7 Å². The minimum Gasteiger partial charge on any atom is -0.320 e. The quantitative estimate of drug-likeness (QED) is 0.652. The summed E-state index contributed by atoms with van der Waals surface area (Å²) in [5, 5.41) is 3.21. The Labute approximate surface area is 108 Å². The molecule has 1 N–H and O–H groups in total. The van der Waals surface area contributed by atoms with Crippen LogP contribution in [0.4, 0.5) is 0 Å². The first-order valence-electron chi connectivity index (χ1n) is 7.24. The van der Waals surface area contributed by atoms with E-state index in [1.54, 1.807) is 0 Å². The van der Waals surface area contributed by atoms with Crippen LogP contribution in [0.3, 0.4) is 0 Å². The molecular weight excluding hydrogens is 210 g/mol. The van der Waals surface area contributed by atoms with Crippen LogP contribution in [0.2, 0.25) is 0 Å². The van der Waals surface area contributed by atoms with Crippen LogP contribution in [-0.2, 0) is 0 Å². The molecule has 1 heterocycles. The molecule has 1 saturated heterocycles. The number of piperidine rings is 1. The molecule has 0 saturated carbocycles. The van der Waals surface area contributed by atoms with Crippen LogP contribution in [0, 0.1) is 5.92 Å². The molecule has 3 nitrogen and oxygen atoms in total. The maximum Gasteiger partial charge on any atom is -0.00191 e. The van der Waals surface area contributed by atoms with Crippen molar-refractivity contribution in [2.75, 3.05) is 53.9 Å². The highest BCUT2D eigenvalue weighted by Gasteiger charge is 2.16. The highest BCUT2D eigenvalue weighted by atomic mass is 15.1. The molecule has 0 bridgehead atoms. The fourth-order valence-corrected chi connectivity index (χ4v) is 2.55. The molecule has 0 aromatic rings. The van der Waals surface area contributed by atoms with Gasteiger partial charge in [-0.25, -0.2) is 0 Å². The average Bonchev–Trinajstić information content (AvgIpc) is 2.34. The van der Waals surface area contributed by atoms with Gasteiger partial charge in [0.2, 0.25) is 0 Å². The fraction of sp³-hybridized carbons (Fsp3) is 1.00. The molecule has 0 radical (unpaired) electrons. The molecule has 0 atom stereocenters. The molecule has 102 valence electrons. The SMILES string of the molecule is CNCCCCN(C)CCC1CCN(C)CC1. The summed E-state index contributed by atoms with van der Waals surface area (Å²) in [6.45, 7) is 6.30. The summed E-state index contributed by atoms with van der Waals surface area (Å²) in [6, 6.07) is 0. The molecule has 0 amide bonds. The average molecular weight is 241 g/mol. The Morgan fingerprint density at radius 3 is 2.53 bits per heavy atom. The van der Waals surface area contributed by atoms with E-state index in [4.69, 9.17) is 0 Å². The molecule has 1 fully saturated rings. The maximum absolute atomic E-state index is 3.21. The zero-order valence-corrected chi connectivity index (χ0v) is 12.0. The van der Waals surface area contributed by atoms with Crippen molar-refractivity contribution >= 4 is 0 Å². The predicted molar refractivity (Wildman–Crippen MR) is 75.5 cm³/mol. The van der Waals surface area contributed by atoms with Crippen LogP contribution in [0.5, 0.6) is 0 Å². The Kier molecular flexibility index (Phi) is 7.82. The number of hydrogen-bond donors (Lipinski definition) is 1. The molecule has 1 aliphatic heterocycles. The van der Waals surface area contributed by atoms with Crippen molar-refractivity contribution in [2.45, 2.75) is 32.1 Å². The Bertz CT molecular complexity index is 176. The third-order valence-electron chi connectivity index (χ3n) is 3.97. The lowest BCUT2D eigenvalue weighted by Gasteiger charge is -2.30. The Hall–Kier alpha value is -0.120. The van der Waals surface area contributed by atoms with Gasteiger partial charge in [0.25, 0.3) is 0 Å². The van der Waals surface area contributed by atoms with Crippen molar-refractivity contribution in [3.05, 3.63) is 0 Å². The number of hydrogen-bond acceptors (Lipinski definition) is 3. The number of likely N-dealkylation sites (tertiary alicyclic amines) is 1. The second-order valence-electron chi connectivity index (χ2n) is 5.65. The van der Waals surface area contributed by atoms with Crippen molar-refractivity contribution in [3.8, 4) is 0 Å². The number of nitrogens with zero attached hydrogens (tertiary/aromatic N) is 2.